The largest absolute Gasteiger partial charge is 0.394 e. The van der Waals surface area contributed by atoms with Gasteiger partial charge in [-0.3, -0.25) is 4.79 Å². The second-order valence-corrected chi connectivity index (χ2v) is 11.5. The number of rotatable bonds is 29. The van der Waals surface area contributed by atoms with Gasteiger partial charge in [-0.15, -0.1) is 0 Å². The molecule has 6 nitrogen and oxygen atoms in total. The number of unbranched alkanes of at least 4 members (excludes halogenated alkanes) is 18. The number of carbonyl (C=O) groups is 1. The van der Waals surface area contributed by atoms with Crippen LogP contribution in [0, 0.1) is 0 Å². The Morgan fingerprint density at radius 3 is 1.49 bits per heavy atom. The van der Waals surface area contributed by atoms with Gasteiger partial charge in [-0.2, -0.15) is 0 Å². The van der Waals surface area contributed by atoms with Gasteiger partial charge in [0.15, 0.2) is 0 Å². The smallest absolute Gasteiger partial charge is 0.249 e. The van der Waals surface area contributed by atoms with Crippen LogP contribution in [0.4, 0.5) is 0 Å². The van der Waals surface area contributed by atoms with E-state index in [1.165, 1.54) is 83.5 Å². The van der Waals surface area contributed by atoms with Crippen LogP contribution in [0.5, 0.6) is 0 Å². The van der Waals surface area contributed by atoms with E-state index in [1.807, 2.05) is 0 Å². The van der Waals surface area contributed by atoms with E-state index in [-0.39, 0.29) is 0 Å². The van der Waals surface area contributed by atoms with Crippen molar-refractivity contribution in [3.05, 3.63) is 12.2 Å². The van der Waals surface area contributed by atoms with Crippen molar-refractivity contribution in [3.63, 3.8) is 0 Å². The molecule has 0 aromatic rings. The van der Waals surface area contributed by atoms with Gasteiger partial charge in [0.25, 0.3) is 0 Å². The molecule has 39 heavy (non-hydrogen) atoms. The molecule has 0 heterocycles. The van der Waals surface area contributed by atoms with Crippen LogP contribution < -0.4 is 5.32 Å². The summed E-state index contributed by atoms with van der Waals surface area (Å²) in [5, 5.41) is 43.1. The van der Waals surface area contributed by atoms with Crippen LogP contribution in [0.3, 0.4) is 0 Å². The molecule has 6 heteroatoms. The van der Waals surface area contributed by atoms with Crippen LogP contribution in [0.1, 0.15) is 162 Å². The van der Waals surface area contributed by atoms with Gasteiger partial charge in [-0.1, -0.05) is 135 Å². The highest BCUT2D eigenvalue weighted by Gasteiger charge is 2.28. The molecule has 4 atom stereocenters. The molecule has 0 aliphatic rings. The second kappa shape index (κ2) is 28.6. The molecule has 0 aliphatic heterocycles. The highest BCUT2D eigenvalue weighted by atomic mass is 16.3. The Hall–Kier alpha value is -0.950. The van der Waals surface area contributed by atoms with Crippen LogP contribution in [0.2, 0.25) is 0 Å². The number of allylic oxidation sites excluding steroid dienone is 2. The molecule has 0 saturated heterocycles. The average Bonchev–Trinajstić information content (AvgIpc) is 2.94. The topological polar surface area (TPSA) is 110 Å². The Morgan fingerprint density at radius 1 is 0.615 bits per heavy atom. The molecular weight excluding hydrogens is 490 g/mol. The summed E-state index contributed by atoms with van der Waals surface area (Å²) in [5.74, 6) is -0.597. The van der Waals surface area contributed by atoms with Crippen molar-refractivity contribution in [1.29, 1.82) is 0 Å². The molecule has 0 saturated carbocycles. The molecule has 1 amide bonds. The minimum Gasteiger partial charge on any atom is -0.394 e. The van der Waals surface area contributed by atoms with Gasteiger partial charge in [0, 0.05) is 0 Å². The van der Waals surface area contributed by atoms with E-state index in [2.05, 4.69) is 31.3 Å². The summed E-state index contributed by atoms with van der Waals surface area (Å²) >= 11 is 0. The van der Waals surface area contributed by atoms with Crippen molar-refractivity contribution >= 4 is 5.91 Å². The fourth-order valence-corrected chi connectivity index (χ4v) is 4.98. The number of hydrogen-bond donors (Lipinski definition) is 5. The third kappa shape index (κ3) is 23.5. The molecule has 0 aromatic heterocycles. The van der Waals surface area contributed by atoms with Crippen molar-refractivity contribution in [1.82, 2.24) is 5.32 Å². The maximum Gasteiger partial charge on any atom is 0.249 e. The molecule has 0 spiro atoms. The number of aliphatic hydroxyl groups is 4. The quantitative estimate of drug-likeness (QED) is 0.0499. The zero-order chi connectivity index (χ0) is 29.0. The lowest BCUT2D eigenvalue weighted by Gasteiger charge is -2.27. The first kappa shape index (κ1) is 38.0. The number of aliphatic hydroxyl groups excluding tert-OH is 4. The lowest BCUT2D eigenvalue weighted by molar-refractivity contribution is -0.132. The predicted molar refractivity (Wildman–Crippen MR) is 164 cm³/mol. The molecule has 5 N–H and O–H groups in total. The van der Waals surface area contributed by atoms with Gasteiger partial charge in [0.1, 0.15) is 12.2 Å². The molecule has 4 unspecified atom stereocenters. The predicted octanol–water partition coefficient (Wildman–Crippen LogP) is 7.11. The summed E-state index contributed by atoms with van der Waals surface area (Å²) in [5.41, 5.74) is 0. The van der Waals surface area contributed by atoms with Crippen LogP contribution in [0.25, 0.3) is 0 Å². The lowest BCUT2D eigenvalue weighted by Crippen LogP contribution is -2.53. The Bertz CT molecular complexity index is 556. The maximum absolute atomic E-state index is 12.4. The maximum atomic E-state index is 12.4. The van der Waals surface area contributed by atoms with E-state index in [9.17, 15) is 25.2 Å². The van der Waals surface area contributed by atoms with Gasteiger partial charge in [-0.05, 0) is 38.5 Å². The normalized spacial score (nSPS) is 14.9. The zero-order valence-electron chi connectivity index (χ0n) is 25.6. The third-order valence-electron chi connectivity index (χ3n) is 7.73. The molecule has 232 valence electrons. The average molecular weight is 556 g/mol. The van der Waals surface area contributed by atoms with E-state index in [0.29, 0.717) is 12.8 Å². The monoisotopic (exact) mass is 555 g/mol. The molecule has 0 aromatic carbocycles. The summed E-state index contributed by atoms with van der Waals surface area (Å²) in [7, 11) is 0. The van der Waals surface area contributed by atoms with E-state index >= 15 is 0 Å². The summed E-state index contributed by atoms with van der Waals surface area (Å²) in [6.45, 7) is 3.97. The number of carbonyl (C=O) groups excluding carboxylic acids is 1. The van der Waals surface area contributed by atoms with Crippen molar-refractivity contribution in [3.8, 4) is 0 Å². The van der Waals surface area contributed by atoms with Crippen molar-refractivity contribution < 1.29 is 25.2 Å². The molecule has 0 rings (SSSR count). The minimum absolute atomic E-state index is 0.356. The first-order chi connectivity index (χ1) is 19.0. The zero-order valence-corrected chi connectivity index (χ0v) is 25.6. The number of amides is 1. The summed E-state index contributed by atoms with van der Waals surface area (Å²) in [6.07, 6.45) is 26.7. The van der Waals surface area contributed by atoms with Crippen molar-refractivity contribution in [2.24, 2.45) is 0 Å². The fourth-order valence-electron chi connectivity index (χ4n) is 4.98. The second-order valence-electron chi connectivity index (χ2n) is 11.5. The highest BCUT2D eigenvalue weighted by Crippen LogP contribution is 2.14. The first-order valence-electron chi connectivity index (χ1n) is 16.6. The number of nitrogens with one attached hydrogen (secondary N) is 1. The van der Waals surface area contributed by atoms with Crippen LogP contribution in [-0.4, -0.2) is 57.3 Å². The van der Waals surface area contributed by atoms with Crippen molar-refractivity contribution in [2.75, 3.05) is 6.61 Å². The first-order valence-corrected chi connectivity index (χ1v) is 16.6. The molecule has 0 bridgehead atoms. The molecular formula is C33H65NO5. The molecule has 0 radical (unpaired) electrons. The SMILES string of the molecule is CCCCCCCCC/C=C\CCCCCCC(O)C(=O)NC(CO)C(O)C(O)CCCCCCCCCC. The fraction of sp³-hybridized carbons (Fsp3) is 0.909. The third-order valence-corrected chi connectivity index (χ3v) is 7.73. The van der Waals surface area contributed by atoms with Gasteiger partial charge in [0.05, 0.1) is 18.8 Å². The Balaban J connectivity index is 3.87. The number of hydrogen-bond acceptors (Lipinski definition) is 5. The minimum atomic E-state index is -1.26. The van der Waals surface area contributed by atoms with Gasteiger partial charge >= 0.3 is 0 Å². The van der Waals surface area contributed by atoms with E-state index in [1.54, 1.807) is 0 Å². The van der Waals surface area contributed by atoms with E-state index in [4.69, 9.17) is 0 Å². The standard InChI is InChI=1S/C33H65NO5/c1-3-5-7-9-11-13-14-15-16-17-18-19-21-23-25-27-31(37)33(39)34-29(28-35)32(38)30(36)26-24-22-20-12-10-8-6-4-2/h16-17,29-32,35-38H,3-15,18-28H2,1-2H3,(H,34,39)/b17-16-. The van der Waals surface area contributed by atoms with Crippen LogP contribution in [0.15, 0.2) is 12.2 Å². The Morgan fingerprint density at radius 2 is 1.03 bits per heavy atom. The van der Waals surface area contributed by atoms with Gasteiger partial charge in [0.2, 0.25) is 5.91 Å². The van der Waals surface area contributed by atoms with Gasteiger partial charge < -0.3 is 25.7 Å². The van der Waals surface area contributed by atoms with Gasteiger partial charge in [-0.25, -0.2) is 0 Å². The summed E-state index contributed by atoms with van der Waals surface area (Å²) < 4.78 is 0. The molecule has 0 aliphatic carbocycles. The van der Waals surface area contributed by atoms with E-state index < -0.39 is 36.9 Å². The molecule has 0 fully saturated rings. The summed E-state index contributed by atoms with van der Waals surface area (Å²) in [6, 6.07) is -0.982. The van der Waals surface area contributed by atoms with E-state index in [0.717, 1.165) is 51.4 Å². The Labute approximate surface area is 241 Å². The summed E-state index contributed by atoms with van der Waals surface area (Å²) in [4.78, 5) is 12.4. The Kier molecular flexibility index (Phi) is 27.9. The van der Waals surface area contributed by atoms with Crippen molar-refractivity contribution in [2.45, 2.75) is 186 Å². The van der Waals surface area contributed by atoms with Crippen LogP contribution >= 0.6 is 0 Å². The lowest BCUT2D eigenvalue weighted by atomic mass is 9.99. The van der Waals surface area contributed by atoms with Crippen LogP contribution in [-0.2, 0) is 4.79 Å². The highest BCUT2D eigenvalue weighted by molar-refractivity contribution is 5.80.